The monoisotopic (exact) mass is 441 g/mol. The van der Waals surface area contributed by atoms with Gasteiger partial charge in [0.05, 0.1) is 16.5 Å². The van der Waals surface area contributed by atoms with E-state index < -0.39 is 18.5 Å². The number of nitrogens with one attached hydrogen (secondary N) is 1. The highest BCUT2D eigenvalue weighted by Crippen LogP contribution is 2.17. The highest BCUT2D eigenvalue weighted by Gasteiger charge is 2.18. The molecule has 0 aliphatic carbocycles. The van der Waals surface area contributed by atoms with E-state index in [1.807, 2.05) is 0 Å². The van der Waals surface area contributed by atoms with Crippen LogP contribution >= 0.6 is 15.9 Å². The predicted octanol–water partition coefficient (Wildman–Crippen LogP) is 2.90. The maximum atomic E-state index is 12.5. The van der Waals surface area contributed by atoms with Crippen molar-refractivity contribution < 1.29 is 14.3 Å². The van der Waals surface area contributed by atoms with Gasteiger partial charge in [-0.3, -0.25) is 14.2 Å². The van der Waals surface area contributed by atoms with Crippen LogP contribution in [0.15, 0.2) is 51.7 Å². The standard InChI is InChI=1S/C20H16BrN3O4/c21-13-4-6-14(7-5-13)22-18(25)11-28-20(27)12-3-8-15-16(10-12)23-17-2-1-9-24(17)19(15)26/h3-8,10H,1-2,9,11H2,(H,22,25). The quantitative estimate of drug-likeness (QED) is 0.628. The van der Waals surface area contributed by atoms with E-state index in [1.54, 1.807) is 34.9 Å². The molecule has 0 atom stereocenters. The minimum Gasteiger partial charge on any atom is -0.452 e. The van der Waals surface area contributed by atoms with Crippen LogP contribution in [-0.4, -0.2) is 28.0 Å². The Balaban J connectivity index is 1.45. The number of nitrogens with zero attached hydrogens (tertiary/aromatic N) is 2. The molecule has 0 saturated heterocycles. The molecule has 8 heteroatoms. The number of benzene rings is 2. The molecule has 142 valence electrons. The molecule has 1 aliphatic rings. The Bertz CT molecular complexity index is 1140. The fourth-order valence-corrected chi connectivity index (χ4v) is 3.42. The molecule has 4 rings (SSSR count). The molecule has 3 aromatic rings. The van der Waals surface area contributed by atoms with Gasteiger partial charge in [0.25, 0.3) is 11.5 Å². The summed E-state index contributed by atoms with van der Waals surface area (Å²) in [7, 11) is 0. The zero-order chi connectivity index (χ0) is 19.7. The molecule has 1 amide bonds. The van der Waals surface area contributed by atoms with Crippen LogP contribution in [0.2, 0.25) is 0 Å². The van der Waals surface area contributed by atoms with Crippen LogP contribution < -0.4 is 10.9 Å². The molecule has 1 aromatic heterocycles. The molecule has 2 heterocycles. The number of amides is 1. The van der Waals surface area contributed by atoms with Crippen molar-refractivity contribution in [2.75, 3.05) is 11.9 Å². The molecule has 28 heavy (non-hydrogen) atoms. The van der Waals surface area contributed by atoms with Crippen LogP contribution in [0.3, 0.4) is 0 Å². The Morgan fingerprint density at radius 2 is 1.96 bits per heavy atom. The van der Waals surface area contributed by atoms with Gasteiger partial charge in [-0.25, -0.2) is 9.78 Å². The maximum absolute atomic E-state index is 12.5. The van der Waals surface area contributed by atoms with Gasteiger partial charge in [0.15, 0.2) is 6.61 Å². The summed E-state index contributed by atoms with van der Waals surface area (Å²) in [6, 6.07) is 11.7. The molecule has 0 bridgehead atoms. The van der Waals surface area contributed by atoms with Gasteiger partial charge in [0.2, 0.25) is 0 Å². The summed E-state index contributed by atoms with van der Waals surface area (Å²) in [4.78, 5) is 41.2. The van der Waals surface area contributed by atoms with Crippen LogP contribution in [0.1, 0.15) is 22.6 Å². The number of carbonyl (C=O) groups excluding carboxylic acids is 2. The van der Waals surface area contributed by atoms with E-state index in [0.29, 0.717) is 23.1 Å². The molecule has 1 N–H and O–H groups in total. The van der Waals surface area contributed by atoms with Crippen molar-refractivity contribution in [3.63, 3.8) is 0 Å². The molecule has 2 aromatic carbocycles. The smallest absolute Gasteiger partial charge is 0.338 e. The van der Waals surface area contributed by atoms with Crippen molar-refractivity contribution in [1.82, 2.24) is 9.55 Å². The number of carbonyl (C=O) groups is 2. The van der Waals surface area contributed by atoms with E-state index >= 15 is 0 Å². The Morgan fingerprint density at radius 3 is 2.75 bits per heavy atom. The fraction of sp³-hybridized carbons (Fsp3) is 0.200. The molecule has 0 radical (unpaired) electrons. The molecule has 7 nitrogen and oxygen atoms in total. The first-order valence-corrected chi connectivity index (χ1v) is 9.56. The van der Waals surface area contributed by atoms with Crippen LogP contribution in [0.4, 0.5) is 5.69 Å². The largest absolute Gasteiger partial charge is 0.452 e. The van der Waals surface area contributed by atoms with Gasteiger partial charge in [0.1, 0.15) is 5.82 Å². The van der Waals surface area contributed by atoms with Gasteiger partial charge in [-0.2, -0.15) is 0 Å². The lowest BCUT2D eigenvalue weighted by Crippen LogP contribution is -2.22. The Morgan fingerprint density at radius 1 is 1.18 bits per heavy atom. The number of rotatable bonds is 4. The number of ether oxygens (including phenoxy) is 1. The molecule has 0 saturated carbocycles. The van der Waals surface area contributed by atoms with Gasteiger partial charge < -0.3 is 10.1 Å². The summed E-state index contributed by atoms with van der Waals surface area (Å²) in [6.07, 6.45) is 1.64. The lowest BCUT2D eigenvalue weighted by atomic mass is 10.1. The highest BCUT2D eigenvalue weighted by atomic mass is 79.9. The van der Waals surface area contributed by atoms with E-state index in [1.165, 1.54) is 12.1 Å². The predicted molar refractivity (Wildman–Crippen MR) is 107 cm³/mol. The Hall–Kier alpha value is -3.00. The van der Waals surface area contributed by atoms with Crippen molar-refractivity contribution in [3.8, 4) is 0 Å². The third kappa shape index (κ3) is 3.68. The molecular weight excluding hydrogens is 426 g/mol. The van der Waals surface area contributed by atoms with Gasteiger partial charge >= 0.3 is 5.97 Å². The molecule has 0 fully saturated rings. The molecule has 0 spiro atoms. The molecular formula is C20H16BrN3O4. The van der Waals surface area contributed by atoms with E-state index in [0.717, 1.165) is 23.1 Å². The number of hydrogen-bond donors (Lipinski definition) is 1. The Labute approximate surface area is 168 Å². The number of esters is 1. The number of aromatic nitrogens is 2. The topological polar surface area (TPSA) is 90.3 Å². The van der Waals surface area contributed by atoms with E-state index in [2.05, 4.69) is 26.2 Å². The van der Waals surface area contributed by atoms with Gasteiger partial charge in [0, 0.05) is 23.1 Å². The number of aryl methyl sites for hydroxylation is 1. The van der Waals surface area contributed by atoms with Crippen molar-refractivity contribution in [3.05, 3.63) is 68.7 Å². The third-order valence-corrected chi connectivity index (χ3v) is 5.04. The van der Waals surface area contributed by atoms with Crippen LogP contribution in [0.5, 0.6) is 0 Å². The van der Waals surface area contributed by atoms with Crippen LogP contribution in [0, 0.1) is 0 Å². The second-order valence-electron chi connectivity index (χ2n) is 6.45. The number of halogens is 1. The Kier molecular flexibility index (Phi) is 4.95. The lowest BCUT2D eigenvalue weighted by Gasteiger charge is -2.08. The van der Waals surface area contributed by atoms with Gasteiger partial charge in [-0.1, -0.05) is 15.9 Å². The first-order valence-electron chi connectivity index (χ1n) is 8.77. The third-order valence-electron chi connectivity index (χ3n) is 4.51. The maximum Gasteiger partial charge on any atom is 0.338 e. The lowest BCUT2D eigenvalue weighted by molar-refractivity contribution is -0.119. The molecule has 1 aliphatic heterocycles. The number of anilines is 1. The normalized spacial score (nSPS) is 12.6. The number of fused-ring (bicyclic) bond motifs is 2. The summed E-state index contributed by atoms with van der Waals surface area (Å²) < 4.78 is 7.66. The van der Waals surface area contributed by atoms with Crippen molar-refractivity contribution in [1.29, 1.82) is 0 Å². The van der Waals surface area contributed by atoms with Crippen molar-refractivity contribution in [2.24, 2.45) is 0 Å². The summed E-state index contributed by atoms with van der Waals surface area (Å²) in [5.74, 6) is -0.349. The van der Waals surface area contributed by atoms with Crippen molar-refractivity contribution >= 4 is 44.4 Å². The SMILES string of the molecule is O=C(COC(=O)c1ccc2c(=O)n3c(nc2c1)CCC3)Nc1ccc(Br)cc1. The summed E-state index contributed by atoms with van der Waals surface area (Å²) in [5.41, 5.74) is 1.23. The minimum absolute atomic E-state index is 0.0914. The average molecular weight is 442 g/mol. The highest BCUT2D eigenvalue weighted by molar-refractivity contribution is 9.10. The van der Waals surface area contributed by atoms with Crippen molar-refractivity contribution in [2.45, 2.75) is 19.4 Å². The van der Waals surface area contributed by atoms with Crippen LogP contribution in [-0.2, 0) is 22.5 Å². The fourth-order valence-electron chi connectivity index (χ4n) is 3.16. The zero-order valence-electron chi connectivity index (χ0n) is 14.8. The zero-order valence-corrected chi connectivity index (χ0v) is 16.4. The van der Waals surface area contributed by atoms with E-state index in [-0.39, 0.29) is 11.1 Å². The number of hydrogen-bond acceptors (Lipinski definition) is 5. The average Bonchev–Trinajstić information content (AvgIpc) is 3.16. The van der Waals surface area contributed by atoms with E-state index in [4.69, 9.17) is 4.74 Å². The van der Waals surface area contributed by atoms with Crippen LogP contribution in [0.25, 0.3) is 10.9 Å². The summed E-state index contributed by atoms with van der Waals surface area (Å²) >= 11 is 3.32. The minimum atomic E-state index is -0.643. The summed E-state index contributed by atoms with van der Waals surface area (Å²) in [5, 5.41) is 3.12. The first kappa shape index (κ1) is 18.4. The van der Waals surface area contributed by atoms with E-state index in [9.17, 15) is 14.4 Å². The first-order chi connectivity index (χ1) is 13.5. The second kappa shape index (κ2) is 7.55. The van der Waals surface area contributed by atoms with Gasteiger partial charge in [-0.05, 0) is 48.9 Å². The van der Waals surface area contributed by atoms with Gasteiger partial charge in [-0.15, -0.1) is 0 Å². The second-order valence-corrected chi connectivity index (χ2v) is 7.37. The molecule has 0 unspecified atom stereocenters. The summed E-state index contributed by atoms with van der Waals surface area (Å²) in [6.45, 7) is 0.265.